The number of nitrogens with one attached hydrogen (secondary N) is 1. The van der Waals surface area contributed by atoms with E-state index >= 15 is 0 Å². The van der Waals surface area contributed by atoms with Crippen molar-refractivity contribution in [2.75, 3.05) is 5.32 Å². The molecule has 96 valence electrons. The van der Waals surface area contributed by atoms with Crippen LogP contribution in [0.1, 0.15) is 16.1 Å². The zero-order valence-corrected chi connectivity index (χ0v) is 11.9. The van der Waals surface area contributed by atoms with Crippen LogP contribution in [0.15, 0.2) is 35.3 Å². The van der Waals surface area contributed by atoms with Gasteiger partial charge in [0.1, 0.15) is 15.3 Å². The minimum atomic E-state index is -0.383. The van der Waals surface area contributed by atoms with Crippen molar-refractivity contribution in [1.29, 1.82) is 0 Å². The van der Waals surface area contributed by atoms with Crippen molar-refractivity contribution in [3.8, 4) is 0 Å². The minimum Gasteiger partial charge on any atom is -0.389 e. The zero-order chi connectivity index (χ0) is 13.8. The topological polar surface area (TPSA) is 93.8 Å². The van der Waals surface area contributed by atoms with Crippen LogP contribution in [0.2, 0.25) is 0 Å². The Morgan fingerprint density at radius 1 is 1.21 bits per heavy atom. The lowest BCUT2D eigenvalue weighted by Gasteiger charge is -2.04. The standard InChI is InChI=1S/C11H8BrN5OS/c12-8-4-16-9(5-15-8)17-11(18)7-2-1-6(3-14-7)10(13)19/h1-5H,(H2,13,19)(H,16,17,18). The second-order valence-electron chi connectivity index (χ2n) is 3.47. The Kier molecular flexibility index (Phi) is 4.13. The molecule has 0 aromatic carbocycles. The SMILES string of the molecule is NC(=S)c1ccc(C(=O)Nc2cnc(Br)cn2)nc1. The van der Waals surface area contributed by atoms with E-state index in [1.165, 1.54) is 24.7 Å². The van der Waals surface area contributed by atoms with Crippen LogP contribution in [0.4, 0.5) is 5.82 Å². The van der Waals surface area contributed by atoms with Crippen molar-refractivity contribution in [2.45, 2.75) is 0 Å². The van der Waals surface area contributed by atoms with Gasteiger partial charge in [0.05, 0.1) is 12.4 Å². The number of rotatable bonds is 3. The second kappa shape index (κ2) is 5.81. The second-order valence-corrected chi connectivity index (χ2v) is 4.73. The molecule has 1 amide bonds. The van der Waals surface area contributed by atoms with Crippen molar-refractivity contribution in [3.05, 3.63) is 46.6 Å². The largest absolute Gasteiger partial charge is 0.389 e. The number of nitrogens with two attached hydrogens (primary N) is 1. The lowest BCUT2D eigenvalue weighted by Crippen LogP contribution is -2.16. The van der Waals surface area contributed by atoms with Crippen molar-refractivity contribution >= 4 is 44.9 Å². The van der Waals surface area contributed by atoms with Gasteiger partial charge in [-0.2, -0.15) is 0 Å². The Labute approximate surface area is 122 Å². The van der Waals surface area contributed by atoms with E-state index in [1.807, 2.05) is 0 Å². The van der Waals surface area contributed by atoms with Gasteiger partial charge in [-0.25, -0.2) is 9.97 Å². The van der Waals surface area contributed by atoms with Crippen LogP contribution in [0.3, 0.4) is 0 Å². The molecule has 19 heavy (non-hydrogen) atoms. The first-order valence-corrected chi connectivity index (χ1v) is 6.31. The van der Waals surface area contributed by atoms with Crippen LogP contribution in [0.5, 0.6) is 0 Å². The van der Waals surface area contributed by atoms with Crippen LogP contribution in [0, 0.1) is 0 Å². The lowest BCUT2D eigenvalue weighted by molar-refractivity contribution is 0.102. The van der Waals surface area contributed by atoms with Gasteiger partial charge in [-0.05, 0) is 28.1 Å². The minimum absolute atomic E-state index is 0.234. The molecular weight excluding hydrogens is 330 g/mol. The van der Waals surface area contributed by atoms with Gasteiger partial charge in [-0.15, -0.1) is 0 Å². The number of pyridine rings is 1. The number of aromatic nitrogens is 3. The molecule has 0 saturated carbocycles. The molecule has 2 aromatic rings. The predicted molar refractivity (Wildman–Crippen MR) is 77.8 cm³/mol. The zero-order valence-electron chi connectivity index (χ0n) is 9.50. The maximum Gasteiger partial charge on any atom is 0.275 e. The number of halogens is 1. The Bertz CT molecular complexity index is 614. The average molecular weight is 338 g/mol. The van der Waals surface area contributed by atoms with Gasteiger partial charge in [-0.3, -0.25) is 9.78 Å². The summed E-state index contributed by atoms with van der Waals surface area (Å²) in [6.45, 7) is 0. The van der Waals surface area contributed by atoms with Crippen LogP contribution in [-0.2, 0) is 0 Å². The molecule has 0 bridgehead atoms. The van der Waals surface area contributed by atoms with Crippen LogP contribution in [-0.4, -0.2) is 25.8 Å². The van der Waals surface area contributed by atoms with Crippen LogP contribution < -0.4 is 11.1 Å². The Morgan fingerprint density at radius 3 is 2.53 bits per heavy atom. The summed E-state index contributed by atoms with van der Waals surface area (Å²) in [6, 6.07) is 3.17. The van der Waals surface area contributed by atoms with E-state index in [0.29, 0.717) is 16.0 Å². The summed E-state index contributed by atoms with van der Waals surface area (Å²) in [4.78, 5) is 24.0. The maximum atomic E-state index is 11.9. The monoisotopic (exact) mass is 337 g/mol. The molecular formula is C11H8BrN5OS. The molecule has 0 saturated heterocycles. The molecule has 2 rings (SSSR count). The van der Waals surface area contributed by atoms with Gasteiger partial charge in [0.15, 0.2) is 5.82 Å². The fourth-order valence-corrected chi connectivity index (χ4v) is 1.56. The molecule has 6 nitrogen and oxygen atoms in total. The van der Waals surface area contributed by atoms with E-state index in [9.17, 15) is 4.79 Å². The van der Waals surface area contributed by atoms with E-state index in [1.54, 1.807) is 6.07 Å². The Morgan fingerprint density at radius 2 is 2.00 bits per heavy atom. The van der Waals surface area contributed by atoms with Crippen LogP contribution in [0.25, 0.3) is 0 Å². The highest BCUT2D eigenvalue weighted by atomic mass is 79.9. The first kappa shape index (κ1) is 13.5. The third kappa shape index (κ3) is 3.52. The van der Waals surface area contributed by atoms with Gasteiger partial charge in [-0.1, -0.05) is 12.2 Å². The van der Waals surface area contributed by atoms with Gasteiger partial charge in [0, 0.05) is 11.8 Å². The number of anilines is 1. The third-order valence-corrected chi connectivity index (χ3v) is 2.79. The summed E-state index contributed by atoms with van der Waals surface area (Å²) in [5.41, 5.74) is 6.29. The lowest BCUT2D eigenvalue weighted by atomic mass is 10.2. The molecule has 0 aliphatic rings. The van der Waals surface area contributed by atoms with Crippen molar-refractivity contribution in [2.24, 2.45) is 5.73 Å². The molecule has 8 heteroatoms. The molecule has 0 aliphatic carbocycles. The summed E-state index contributed by atoms with van der Waals surface area (Å²) in [6.07, 6.45) is 4.37. The van der Waals surface area contributed by atoms with Crippen molar-refractivity contribution in [3.63, 3.8) is 0 Å². The highest BCUT2D eigenvalue weighted by Crippen LogP contribution is 2.08. The summed E-state index contributed by atoms with van der Waals surface area (Å²) >= 11 is 7.96. The molecule has 2 heterocycles. The van der Waals surface area contributed by atoms with E-state index in [0.717, 1.165) is 0 Å². The number of carbonyl (C=O) groups is 1. The van der Waals surface area contributed by atoms with E-state index in [2.05, 4.69) is 36.2 Å². The van der Waals surface area contributed by atoms with E-state index in [-0.39, 0.29) is 16.6 Å². The normalized spacial score (nSPS) is 9.95. The molecule has 0 aliphatic heterocycles. The fraction of sp³-hybridized carbons (Fsp3) is 0. The van der Waals surface area contributed by atoms with E-state index in [4.69, 9.17) is 18.0 Å². The Balaban J connectivity index is 2.11. The molecule has 0 atom stereocenters. The molecule has 0 radical (unpaired) electrons. The molecule has 2 aromatic heterocycles. The number of hydrogen-bond acceptors (Lipinski definition) is 5. The first-order chi connectivity index (χ1) is 9.06. The average Bonchev–Trinajstić information content (AvgIpc) is 2.41. The number of nitrogens with zero attached hydrogens (tertiary/aromatic N) is 3. The van der Waals surface area contributed by atoms with Gasteiger partial charge in [0.2, 0.25) is 0 Å². The quantitative estimate of drug-likeness (QED) is 0.824. The summed E-state index contributed by atoms with van der Waals surface area (Å²) in [5, 5.41) is 2.57. The van der Waals surface area contributed by atoms with Crippen molar-refractivity contribution in [1.82, 2.24) is 15.0 Å². The third-order valence-electron chi connectivity index (χ3n) is 2.14. The number of thiocarbonyl (C=S) groups is 1. The smallest absolute Gasteiger partial charge is 0.275 e. The van der Waals surface area contributed by atoms with Gasteiger partial charge in [0.25, 0.3) is 5.91 Å². The van der Waals surface area contributed by atoms with Gasteiger partial charge >= 0.3 is 0 Å². The highest BCUT2D eigenvalue weighted by molar-refractivity contribution is 9.10. The van der Waals surface area contributed by atoms with Crippen LogP contribution >= 0.6 is 28.1 Å². The maximum absolute atomic E-state index is 11.9. The summed E-state index contributed by atoms with van der Waals surface area (Å²) < 4.78 is 0.587. The van der Waals surface area contributed by atoms with Crippen molar-refractivity contribution < 1.29 is 4.79 Å². The predicted octanol–water partition coefficient (Wildman–Crippen LogP) is 1.52. The number of amides is 1. The molecule has 0 fully saturated rings. The molecule has 0 unspecified atom stereocenters. The Hall–Kier alpha value is -1.93. The highest BCUT2D eigenvalue weighted by Gasteiger charge is 2.09. The summed E-state index contributed by atoms with van der Waals surface area (Å²) in [5.74, 6) is -0.0421. The number of carbonyl (C=O) groups excluding carboxylic acids is 1. The molecule has 0 spiro atoms. The fourth-order valence-electron chi connectivity index (χ4n) is 1.23. The summed E-state index contributed by atoms with van der Waals surface area (Å²) in [7, 11) is 0. The van der Waals surface area contributed by atoms with Gasteiger partial charge < -0.3 is 11.1 Å². The van der Waals surface area contributed by atoms with E-state index < -0.39 is 0 Å². The first-order valence-electron chi connectivity index (χ1n) is 5.11. The molecule has 3 N–H and O–H groups in total. The number of hydrogen-bond donors (Lipinski definition) is 2.